The quantitative estimate of drug-likeness (QED) is 0.102. The number of allylic oxidation sites excluding steroid dienone is 3. The van der Waals surface area contributed by atoms with Crippen molar-refractivity contribution in [2.45, 2.75) is 131 Å². The van der Waals surface area contributed by atoms with Crippen LogP contribution < -0.4 is 5.32 Å². The highest BCUT2D eigenvalue weighted by Crippen LogP contribution is 2.43. The van der Waals surface area contributed by atoms with E-state index in [1.807, 2.05) is 33.8 Å². The molecule has 0 unspecified atom stereocenters. The molecule has 1 amide bonds. The van der Waals surface area contributed by atoms with Crippen molar-refractivity contribution in [2.24, 2.45) is 0 Å². The minimum Gasteiger partial charge on any atom is -0.469 e. The summed E-state index contributed by atoms with van der Waals surface area (Å²) in [6.07, 6.45) is 9.70. The number of methoxy groups -OCH3 is 2. The van der Waals surface area contributed by atoms with Crippen molar-refractivity contribution in [3.8, 4) is 0 Å². The van der Waals surface area contributed by atoms with Gasteiger partial charge in [0.2, 0.25) is 0 Å². The molecule has 11 heteroatoms. The van der Waals surface area contributed by atoms with Gasteiger partial charge >= 0.3 is 11.9 Å². The lowest BCUT2D eigenvalue weighted by atomic mass is 9.85. The number of aromatic nitrogens is 4. The summed E-state index contributed by atoms with van der Waals surface area (Å²) >= 11 is 0. The number of carbonyl (C=O) groups is 3. The average Bonchev–Trinajstić information content (AvgIpc) is 3.85. The molecule has 3 aromatic heterocycles. The van der Waals surface area contributed by atoms with Crippen molar-refractivity contribution in [1.29, 1.82) is 0 Å². The van der Waals surface area contributed by atoms with Gasteiger partial charge in [0.25, 0.3) is 5.91 Å². The molecule has 5 heterocycles. The Hall–Kier alpha value is -5.03. The van der Waals surface area contributed by atoms with Crippen LogP contribution in [0.1, 0.15) is 161 Å². The van der Waals surface area contributed by atoms with E-state index in [2.05, 4.69) is 74.2 Å². The minimum atomic E-state index is -0.630. The van der Waals surface area contributed by atoms with Gasteiger partial charge in [-0.2, -0.15) is 0 Å². The molecule has 58 heavy (non-hydrogen) atoms. The van der Waals surface area contributed by atoms with Crippen LogP contribution in [0.4, 0.5) is 0 Å². The molecule has 0 aliphatic carbocycles. The number of fused-ring (bicyclic) bond motifs is 8. The number of nitrogens with one attached hydrogen (secondary N) is 3. The maximum atomic E-state index is 14.4. The molecular weight excluding hydrogens is 731 g/mol. The van der Waals surface area contributed by atoms with E-state index in [1.54, 1.807) is 7.11 Å². The molecule has 0 spiro atoms. The number of aromatic amines is 2. The Labute approximate surface area is 343 Å². The second-order valence-electron chi connectivity index (χ2n) is 16.5. The Bertz CT molecular complexity index is 2250. The number of amides is 1. The van der Waals surface area contributed by atoms with Gasteiger partial charge in [-0.25, -0.2) is 4.98 Å². The maximum absolute atomic E-state index is 14.4. The lowest BCUT2D eigenvalue weighted by Gasteiger charge is -2.19. The summed E-state index contributed by atoms with van der Waals surface area (Å²) in [6.45, 7) is 18.6. The first-order valence-electron chi connectivity index (χ1n) is 20.8. The van der Waals surface area contributed by atoms with Crippen molar-refractivity contribution >= 4 is 57.1 Å². The molecule has 2 aliphatic rings. The molecule has 11 nitrogen and oxygen atoms in total. The minimum absolute atomic E-state index is 0.0286. The largest absolute Gasteiger partial charge is 0.469 e. The summed E-state index contributed by atoms with van der Waals surface area (Å²) in [7, 11) is 3.06. The highest BCUT2D eigenvalue weighted by molar-refractivity contribution is 6.06. The van der Waals surface area contributed by atoms with E-state index in [0.29, 0.717) is 30.5 Å². The summed E-state index contributed by atoms with van der Waals surface area (Å²) in [5.74, 6) is -1.22. The molecule has 8 bridgehead atoms. The number of ether oxygens (including phenoxy) is 3. The third-order valence-electron chi connectivity index (χ3n) is 11.2. The molecule has 0 fully saturated rings. The summed E-state index contributed by atoms with van der Waals surface area (Å²) in [4.78, 5) is 57.6. The van der Waals surface area contributed by atoms with Crippen LogP contribution in [-0.4, -0.2) is 70.8 Å². The van der Waals surface area contributed by atoms with Crippen LogP contribution in [0.2, 0.25) is 0 Å². The van der Waals surface area contributed by atoms with Crippen LogP contribution in [0.15, 0.2) is 24.3 Å². The molecule has 312 valence electrons. The Morgan fingerprint density at radius 3 is 2.31 bits per heavy atom. The second-order valence-corrected chi connectivity index (χ2v) is 16.5. The molecule has 3 aromatic rings. The predicted octanol–water partition coefficient (Wildman–Crippen LogP) is 9.97. The Morgan fingerprint density at radius 2 is 1.64 bits per heavy atom. The molecule has 0 saturated heterocycles. The predicted molar refractivity (Wildman–Crippen MR) is 233 cm³/mol. The lowest BCUT2D eigenvalue weighted by Crippen LogP contribution is -2.30. The van der Waals surface area contributed by atoms with E-state index >= 15 is 0 Å². The summed E-state index contributed by atoms with van der Waals surface area (Å²) in [5, 5.41) is 3.00. The second kappa shape index (κ2) is 19.1. The van der Waals surface area contributed by atoms with Crippen molar-refractivity contribution in [2.75, 3.05) is 27.4 Å². The molecular formula is C47H63N5O6. The zero-order valence-corrected chi connectivity index (χ0v) is 36.5. The van der Waals surface area contributed by atoms with Crippen LogP contribution in [0.5, 0.6) is 0 Å². The van der Waals surface area contributed by atoms with Crippen LogP contribution in [0.3, 0.4) is 0 Å². The van der Waals surface area contributed by atoms with Crippen molar-refractivity contribution in [3.05, 3.63) is 74.9 Å². The Morgan fingerprint density at radius 1 is 0.914 bits per heavy atom. The first kappa shape index (κ1) is 44.1. The van der Waals surface area contributed by atoms with Crippen molar-refractivity contribution in [1.82, 2.24) is 25.3 Å². The van der Waals surface area contributed by atoms with Crippen molar-refractivity contribution < 1.29 is 28.6 Å². The Kier molecular flexibility index (Phi) is 14.6. The highest BCUT2D eigenvalue weighted by Gasteiger charge is 2.33. The number of hydrogen-bond acceptors (Lipinski definition) is 8. The number of aryl methyl sites for hydroxylation is 2. The molecule has 2 atom stereocenters. The van der Waals surface area contributed by atoms with Gasteiger partial charge in [-0.1, -0.05) is 45.8 Å². The lowest BCUT2D eigenvalue weighted by molar-refractivity contribution is -0.154. The fraction of sp³-hybridized carbons (Fsp3) is 0.511. The highest BCUT2D eigenvalue weighted by atomic mass is 16.6. The van der Waals surface area contributed by atoms with Gasteiger partial charge in [0.1, 0.15) is 5.60 Å². The van der Waals surface area contributed by atoms with Crippen molar-refractivity contribution in [3.63, 3.8) is 0 Å². The summed E-state index contributed by atoms with van der Waals surface area (Å²) in [5.41, 5.74) is 12.6. The van der Waals surface area contributed by atoms with E-state index in [4.69, 9.17) is 24.2 Å². The van der Waals surface area contributed by atoms with Gasteiger partial charge in [-0.05, 0) is 108 Å². The van der Waals surface area contributed by atoms with Gasteiger partial charge in [-0.3, -0.25) is 19.4 Å². The van der Waals surface area contributed by atoms with Crippen LogP contribution in [-0.2, 0) is 30.2 Å². The van der Waals surface area contributed by atoms with E-state index < -0.39 is 5.60 Å². The smallest absolute Gasteiger partial charge is 0.308 e. The maximum Gasteiger partial charge on any atom is 0.308 e. The van der Waals surface area contributed by atoms with Gasteiger partial charge in [0.05, 0.1) is 42.6 Å². The fourth-order valence-electron chi connectivity index (χ4n) is 8.00. The molecule has 2 aliphatic heterocycles. The third kappa shape index (κ3) is 9.97. The number of carbonyl (C=O) groups excluding carboxylic acids is 3. The van der Waals surface area contributed by atoms with E-state index in [9.17, 15) is 14.4 Å². The molecule has 0 radical (unpaired) electrons. The van der Waals surface area contributed by atoms with Crippen LogP contribution >= 0.6 is 0 Å². The molecule has 5 rings (SSSR count). The van der Waals surface area contributed by atoms with Gasteiger partial charge < -0.3 is 29.5 Å². The zero-order valence-electron chi connectivity index (χ0n) is 36.5. The molecule has 0 saturated carbocycles. The number of rotatable bonds is 15. The topological polar surface area (TPSA) is 148 Å². The van der Waals surface area contributed by atoms with Gasteiger partial charge in [-0.15, -0.1) is 0 Å². The Balaban J connectivity index is 1.87. The summed E-state index contributed by atoms with van der Waals surface area (Å²) in [6, 6.07) is 6.32. The molecule has 3 N–H and O–H groups in total. The van der Waals surface area contributed by atoms with Gasteiger partial charge in [0, 0.05) is 71.0 Å². The number of nitrogens with zero attached hydrogens (tertiary/aromatic N) is 2. The zero-order chi connectivity index (χ0) is 42.3. The van der Waals surface area contributed by atoms with E-state index in [-0.39, 0.29) is 49.1 Å². The summed E-state index contributed by atoms with van der Waals surface area (Å²) < 4.78 is 16.3. The standard InChI is InChI=1S/C47H63N5O6/c1-12-14-15-16-17-32-28(4)35-24-37-29(5)33(18-19-41(53)57-11)44(51-37)34(21-23-56-10)45-43(46(55)48-22-20-42(54)58-47(7,8)9)30(6)38(52-45)26-39-31(13-2)27(3)36(49-39)25-40(32)50-35/h16-17,24-26,29,33,50,52H,12-15,18-23H2,1-11H3,(H,48,55)/b17-16+,35-24?,36-25?,37-24?,38-26?,39-26?,40-25?,44-34?,45-34?/t29-,33-/m0/s1. The fourth-order valence-corrected chi connectivity index (χ4v) is 8.00. The number of unbranched alkanes of at least 4 members (excludes halogenated alkanes) is 2. The van der Waals surface area contributed by atoms with E-state index in [1.165, 1.54) is 7.11 Å². The van der Waals surface area contributed by atoms with Crippen LogP contribution in [0.25, 0.3) is 39.3 Å². The number of esters is 2. The monoisotopic (exact) mass is 793 g/mol. The normalized spacial score (nSPS) is 15.6. The van der Waals surface area contributed by atoms with Gasteiger partial charge in [0.15, 0.2) is 0 Å². The first-order chi connectivity index (χ1) is 27.6. The third-order valence-corrected chi connectivity index (χ3v) is 11.2. The molecule has 0 aromatic carbocycles. The number of H-pyrrole nitrogens is 2. The average molecular weight is 794 g/mol. The number of hydrogen-bond donors (Lipinski definition) is 3. The SMILES string of the molecule is CCCC/C=C/c1c(C)c2cc3nc(c(CCOC)c4[nH]c(cc5nc(cc1[nH]2)C(C)=C5CC)c(C)c4C(=O)NCCC(=O)OC(C)(C)C)[C@@H](CCC(=O)OC)[C@@H]3C. The first-order valence-corrected chi connectivity index (χ1v) is 20.8. The van der Waals surface area contributed by atoms with Crippen LogP contribution in [0, 0.1) is 13.8 Å². The van der Waals surface area contributed by atoms with E-state index in [0.717, 1.165) is 98.4 Å².